The molecule has 0 saturated heterocycles. The van der Waals surface area contributed by atoms with Crippen LogP contribution in [-0.4, -0.2) is 22.8 Å². The van der Waals surface area contributed by atoms with Crippen LogP contribution in [0.15, 0.2) is 4.52 Å². The van der Waals surface area contributed by atoms with Gasteiger partial charge < -0.3 is 15.0 Å². The molecule has 2 rings (SSSR count). The molecule has 102 valence electrons. The Morgan fingerprint density at radius 1 is 1.39 bits per heavy atom. The second kappa shape index (κ2) is 6.29. The normalized spacial score (nSPS) is 24.7. The summed E-state index contributed by atoms with van der Waals surface area (Å²) in [6.45, 7) is 5.19. The molecule has 0 bridgehead atoms. The Morgan fingerprint density at radius 2 is 2.17 bits per heavy atom. The standard InChI is InChI=1S/C13H23N3O2/c1-9(2)13-15-12(16-18-13)8-17-11-6-4-3-5-10(11)7-14/h9-11H,3-8,14H2,1-2H3. The summed E-state index contributed by atoms with van der Waals surface area (Å²) in [5, 5.41) is 3.93. The molecular formula is C13H23N3O2. The molecule has 0 amide bonds. The summed E-state index contributed by atoms with van der Waals surface area (Å²) in [4.78, 5) is 4.31. The van der Waals surface area contributed by atoms with Crippen molar-refractivity contribution in [2.75, 3.05) is 6.54 Å². The van der Waals surface area contributed by atoms with Crippen LogP contribution in [0, 0.1) is 5.92 Å². The fourth-order valence-corrected chi connectivity index (χ4v) is 2.40. The fraction of sp³-hybridized carbons (Fsp3) is 0.846. The molecule has 18 heavy (non-hydrogen) atoms. The lowest BCUT2D eigenvalue weighted by atomic mass is 9.86. The third-order valence-corrected chi connectivity index (χ3v) is 3.55. The highest BCUT2D eigenvalue weighted by Crippen LogP contribution is 2.26. The quantitative estimate of drug-likeness (QED) is 0.871. The molecule has 0 aliphatic heterocycles. The average Bonchev–Trinajstić information content (AvgIpc) is 2.85. The highest BCUT2D eigenvalue weighted by molar-refractivity contribution is 4.89. The number of nitrogens with two attached hydrogens (primary N) is 1. The van der Waals surface area contributed by atoms with E-state index in [2.05, 4.69) is 10.1 Å². The molecule has 1 saturated carbocycles. The number of hydrogen-bond acceptors (Lipinski definition) is 5. The topological polar surface area (TPSA) is 74.2 Å². The Morgan fingerprint density at radius 3 is 2.83 bits per heavy atom. The summed E-state index contributed by atoms with van der Waals surface area (Å²) in [5.74, 6) is 2.06. The molecule has 1 fully saturated rings. The third kappa shape index (κ3) is 3.29. The van der Waals surface area contributed by atoms with Crippen molar-refractivity contribution in [2.45, 2.75) is 58.2 Å². The molecule has 2 atom stereocenters. The molecule has 5 heteroatoms. The second-order valence-corrected chi connectivity index (χ2v) is 5.33. The number of rotatable bonds is 5. The molecular weight excluding hydrogens is 230 g/mol. The van der Waals surface area contributed by atoms with Gasteiger partial charge in [0.2, 0.25) is 5.89 Å². The van der Waals surface area contributed by atoms with Crippen molar-refractivity contribution in [3.8, 4) is 0 Å². The van der Waals surface area contributed by atoms with E-state index in [9.17, 15) is 0 Å². The van der Waals surface area contributed by atoms with E-state index in [1.54, 1.807) is 0 Å². The van der Waals surface area contributed by atoms with Gasteiger partial charge in [-0.2, -0.15) is 4.98 Å². The minimum absolute atomic E-state index is 0.254. The summed E-state index contributed by atoms with van der Waals surface area (Å²) >= 11 is 0. The number of hydrogen-bond donors (Lipinski definition) is 1. The molecule has 1 aromatic heterocycles. The predicted octanol–water partition coefficient (Wildman–Crippen LogP) is 2.23. The third-order valence-electron chi connectivity index (χ3n) is 3.55. The molecule has 1 heterocycles. The van der Waals surface area contributed by atoms with Gasteiger partial charge in [0.15, 0.2) is 5.82 Å². The van der Waals surface area contributed by atoms with E-state index in [4.69, 9.17) is 15.0 Å². The Bertz CT molecular complexity index is 365. The molecule has 0 radical (unpaired) electrons. The largest absolute Gasteiger partial charge is 0.370 e. The van der Waals surface area contributed by atoms with E-state index < -0.39 is 0 Å². The lowest BCUT2D eigenvalue weighted by Gasteiger charge is -2.30. The van der Waals surface area contributed by atoms with E-state index in [1.807, 2.05) is 13.8 Å². The maximum Gasteiger partial charge on any atom is 0.229 e. The van der Waals surface area contributed by atoms with Crippen molar-refractivity contribution >= 4 is 0 Å². The van der Waals surface area contributed by atoms with Crippen LogP contribution in [0.2, 0.25) is 0 Å². The van der Waals surface area contributed by atoms with Crippen molar-refractivity contribution < 1.29 is 9.26 Å². The van der Waals surface area contributed by atoms with Gasteiger partial charge in [0, 0.05) is 5.92 Å². The van der Waals surface area contributed by atoms with Crippen LogP contribution in [-0.2, 0) is 11.3 Å². The SMILES string of the molecule is CC(C)c1nc(COC2CCCCC2CN)no1. The fourth-order valence-electron chi connectivity index (χ4n) is 2.40. The van der Waals surface area contributed by atoms with Gasteiger partial charge in [-0.15, -0.1) is 0 Å². The summed E-state index contributed by atoms with van der Waals surface area (Å²) in [6.07, 6.45) is 5.01. The first-order valence-corrected chi connectivity index (χ1v) is 6.85. The molecule has 1 aromatic rings. The van der Waals surface area contributed by atoms with Crippen LogP contribution in [0.5, 0.6) is 0 Å². The first-order valence-electron chi connectivity index (χ1n) is 6.85. The van der Waals surface area contributed by atoms with Gasteiger partial charge >= 0.3 is 0 Å². The maximum absolute atomic E-state index is 5.90. The van der Waals surface area contributed by atoms with Crippen molar-refractivity contribution in [1.29, 1.82) is 0 Å². The van der Waals surface area contributed by atoms with Gasteiger partial charge in [-0.3, -0.25) is 0 Å². The van der Waals surface area contributed by atoms with Crippen LogP contribution < -0.4 is 5.73 Å². The monoisotopic (exact) mass is 253 g/mol. The van der Waals surface area contributed by atoms with Gasteiger partial charge in [-0.1, -0.05) is 31.8 Å². The van der Waals surface area contributed by atoms with Crippen molar-refractivity contribution in [1.82, 2.24) is 10.1 Å². The number of nitrogens with zero attached hydrogens (tertiary/aromatic N) is 2. The Labute approximate surface area is 108 Å². The zero-order chi connectivity index (χ0) is 13.0. The predicted molar refractivity (Wildman–Crippen MR) is 68.0 cm³/mol. The van der Waals surface area contributed by atoms with Crippen LogP contribution in [0.4, 0.5) is 0 Å². The van der Waals surface area contributed by atoms with Crippen LogP contribution in [0.1, 0.15) is 57.2 Å². The zero-order valence-electron chi connectivity index (χ0n) is 11.3. The van der Waals surface area contributed by atoms with Gasteiger partial charge in [-0.25, -0.2) is 0 Å². The molecule has 2 unspecified atom stereocenters. The van der Waals surface area contributed by atoms with Crippen molar-refractivity contribution in [3.05, 3.63) is 11.7 Å². The maximum atomic E-state index is 5.90. The Balaban J connectivity index is 1.85. The van der Waals surface area contributed by atoms with Crippen LogP contribution in [0.25, 0.3) is 0 Å². The second-order valence-electron chi connectivity index (χ2n) is 5.33. The highest BCUT2D eigenvalue weighted by Gasteiger charge is 2.25. The summed E-state index contributed by atoms with van der Waals surface area (Å²) in [6, 6.07) is 0. The lowest BCUT2D eigenvalue weighted by Crippen LogP contribution is -2.33. The summed E-state index contributed by atoms with van der Waals surface area (Å²) < 4.78 is 11.1. The van der Waals surface area contributed by atoms with Crippen LogP contribution in [0.3, 0.4) is 0 Å². The van der Waals surface area contributed by atoms with Gasteiger partial charge in [0.1, 0.15) is 6.61 Å². The minimum Gasteiger partial charge on any atom is -0.370 e. The highest BCUT2D eigenvalue weighted by atomic mass is 16.5. The molecule has 0 aromatic carbocycles. The van der Waals surface area contributed by atoms with E-state index in [0.717, 1.165) is 6.42 Å². The van der Waals surface area contributed by atoms with Crippen molar-refractivity contribution in [2.24, 2.45) is 11.7 Å². The van der Waals surface area contributed by atoms with Crippen LogP contribution >= 0.6 is 0 Å². The molecule has 0 spiro atoms. The average molecular weight is 253 g/mol. The minimum atomic E-state index is 0.254. The van der Waals surface area contributed by atoms with Gasteiger partial charge in [0.25, 0.3) is 0 Å². The van der Waals surface area contributed by atoms with Crippen molar-refractivity contribution in [3.63, 3.8) is 0 Å². The van der Waals surface area contributed by atoms with Gasteiger partial charge in [0.05, 0.1) is 6.10 Å². The molecule has 1 aliphatic rings. The molecule has 1 aliphatic carbocycles. The van der Waals surface area contributed by atoms with E-state index in [-0.39, 0.29) is 12.0 Å². The smallest absolute Gasteiger partial charge is 0.229 e. The first kappa shape index (κ1) is 13.5. The Hall–Kier alpha value is -0.940. The Kier molecular flexibility index (Phi) is 4.72. The first-order chi connectivity index (χ1) is 8.70. The van der Waals surface area contributed by atoms with E-state index >= 15 is 0 Å². The molecule has 2 N–H and O–H groups in total. The van der Waals surface area contributed by atoms with Gasteiger partial charge in [-0.05, 0) is 25.3 Å². The summed E-state index contributed by atoms with van der Waals surface area (Å²) in [7, 11) is 0. The number of aromatic nitrogens is 2. The molecule has 5 nitrogen and oxygen atoms in total. The summed E-state index contributed by atoms with van der Waals surface area (Å²) in [5.41, 5.74) is 5.78. The van der Waals surface area contributed by atoms with E-state index in [0.29, 0.717) is 30.8 Å². The lowest BCUT2D eigenvalue weighted by molar-refractivity contribution is -0.0215. The zero-order valence-corrected chi connectivity index (χ0v) is 11.3. The number of ether oxygens (including phenoxy) is 1. The van der Waals surface area contributed by atoms with E-state index in [1.165, 1.54) is 19.3 Å².